The van der Waals surface area contributed by atoms with E-state index < -0.39 is 12.3 Å². The van der Waals surface area contributed by atoms with E-state index in [1.807, 2.05) is 0 Å². The highest BCUT2D eigenvalue weighted by Gasteiger charge is 2.17. The predicted molar refractivity (Wildman–Crippen MR) is 24.7 cm³/mol. The van der Waals surface area contributed by atoms with Crippen molar-refractivity contribution in [2.24, 2.45) is 0 Å². The van der Waals surface area contributed by atoms with Crippen LogP contribution in [0.15, 0.2) is 12.2 Å². The standard InChI is InChI=1S/C5H7FO/c6-4-2-1-3-5(4)7/h1-2,4-5,7H,3H2/t4-,5+/m0/s1. The molecule has 40 valence electrons. The van der Waals surface area contributed by atoms with Crippen molar-refractivity contribution in [3.8, 4) is 0 Å². The van der Waals surface area contributed by atoms with Gasteiger partial charge in [-0.2, -0.15) is 0 Å². The molecule has 7 heavy (non-hydrogen) atoms. The van der Waals surface area contributed by atoms with Crippen molar-refractivity contribution in [1.29, 1.82) is 0 Å². The van der Waals surface area contributed by atoms with Crippen LogP contribution in [0.2, 0.25) is 0 Å². The summed E-state index contributed by atoms with van der Waals surface area (Å²) in [5, 5.41) is 8.56. The van der Waals surface area contributed by atoms with Gasteiger partial charge in [0.2, 0.25) is 0 Å². The van der Waals surface area contributed by atoms with Crippen molar-refractivity contribution in [2.45, 2.75) is 18.7 Å². The fraction of sp³-hybridized carbons (Fsp3) is 0.600. The molecule has 0 fully saturated rings. The second-order valence-corrected chi connectivity index (χ2v) is 1.68. The second kappa shape index (κ2) is 1.62. The zero-order valence-electron chi connectivity index (χ0n) is 3.84. The predicted octanol–water partition coefficient (Wildman–Crippen LogP) is 0.645. The molecule has 0 bridgehead atoms. The average Bonchev–Trinajstić information content (AvgIpc) is 1.91. The highest BCUT2D eigenvalue weighted by molar-refractivity contribution is 5.02. The molecule has 1 aliphatic rings. The molecule has 0 amide bonds. The molecule has 2 atom stereocenters. The highest BCUT2D eigenvalue weighted by atomic mass is 19.1. The summed E-state index contributed by atoms with van der Waals surface area (Å²) >= 11 is 0. The maximum Gasteiger partial charge on any atom is 0.144 e. The molecule has 0 radical (unpaired) electrons. The van der Waals surface area contributed by atoms with E-state index in [9.17, 15) is 4.39 Å². The smallest absolute Gasteiger partial charge is 0.144 e. The quantitative estimate of drug-likeness (QED) is 0.445. The normalized spacial score (nSPS) is 39.7. The maximum atomic E-state index is 12.0. The van der Waals surface area contributed by atoms with Gasteiger partial charge >= 0.3 is 0 Å². The summed E-state index contributed by atoms with van der Waals surface area (Å²) in [5.74, 6) is 0. The van der Waals surface area contributed by atoms with Crippen LogP contribution in [0, 0.1) is 0 Å². The Morgan fingerprint density at radius 1 is 1.71 bits per heavy atom. The molecular formula is C5H7FO. The number of rotatable bonds is 0. The number of aliphatic hydroxyl groups excluding tert-OH is 1. The lowest BCUT2D eigenvalue weighted by Crippen LogP contribution is -2.12. The SMILES string of the molecule is O[C@@H]1CC=C[C@@H]1F. The summed E-state index contributed by atoms with van der Waals surface area (Å²) in [6, 6.07) is 0. The van der Waals surface area contributed by atoms with Crippen LogP contribution >= 0.6 is 0 Å². The fourth-order valence-electron chi connectivity index (χ4n) is 0.606. The van der Waals surface area contributed by atoms with E-state index in [4.69, 9.17) is 5.11 Å². The summed E-state index contributed by atoms with van der Waals surface area (Å²) < 4.78 is 12.0. The van der Waals surface area contributed by atoms with E-state index in [-0.39, 0.29) is 0 Å². The van der Waals surface area contributed by atoms with Gasteiger partial charge in [-0.1, -0.05) is 12.2 Å². The van der Waals surface area contributed by atoms with Crippen molar-refractivity contribution in [1.82, 2.24) is 0 Å². The monoisotopic (exact) mass is 102 g/mol. The number of hydrogen-bond donors (Lipinski definition) is 1. The van der Waals surface area contributed by atoms with Crippen LogP contribution in [0.5, 0.6) is 0 Å². The molecule has 0 aliphatic heterocycles. The van der Waals surface area contributed by atoms with Crippen molar-refractivity contribution in [3.05, 3.63) is 12.2 Å². The van der Waals surface area contributed by atoms with Gasteiger partial charge in [0.05, 0.1) is 6.10 Å². The zero-order valence-corrected chi connectivity index (χ0v) is 3.84. The van der Waals surface area contributed by atoms with E-state index in [1.165, 1.54) is 6.08 Å². The van der Waals surface area contributed by atoms with Gasteiger partial charge in [0.15, 0.2) is 0 Å². The van der Waals surface area contributed by atoms with Crippen LogP contribution in [-0.4, -0.2) is 17.4 Å². The third-order valence-corrected chi connectivity index (χ3v) is 1.07. The lowest BCUT2D eigenvalue weighted by molar-refractivity contribution is 0.116. The first kappa shape index (κ1) is 4.78. The van der Waals surface area contributed by atoms with Crippen molar-refractivity contribution in [2.75, 3.05) is 0 Å². The van der Waals surface area contributed by atoms with E-state index in [0.29, 0.717) is 6.42 Å². The molecule has 0 heterocycles. The molecule has 0 aromatic rings. The van der Waals surface area contributed by atoms with Crippen molar-refractivity contribution < 1.29 is 9.50 Å². The van der Waals surface area contributed by atoms with Gasteiger partial charge in [0, 0.05) is 0 Å². The summed E-state index contributed by atoms with van der Waals surface area (Å²) in [7, 11) is 0. The highest BCUT2D eigenvalue weighted by Crippen LogP contribution is 2.12. The van der Waals surface area contributed by atoms with Crippen LogP contribution in [0.1, 0.15) is 6.42 Å². The van der Waals surface area contributed by atoms with Crippen LogP contribution in [0.25, 0.3) is 0 Å². The molecule has 2 heteroatoms. The molecule has 0 spiro atoms. The first-order valence-electron chi connectivity index (χ1n) is 2.29. The van der Waals surface area contributed by atoms with Gasteiger partial charge in [-0.3, -0.25) is 0 Å². The van der Waals surface area contributed by atoms with Gasteiger partial charge in [-0.25, -0.2) is 4.39 Å². The van der Waals surface area contributed by atoms with Gasteiger partial charge in [-0.15, -0.1) is 0 Å². The number of aliphatic hydroxyl groups is 1. The first-order valence-corrected chi connectivity index (χ1v) is 2.29. The molecule has 1 N–H and O–H groups in total. The maximum absolute atomic E-state index is 12.0. The average molecular weight is 102 g/mol. The lowest BCUT2D eigenvalue weighted by atomic mass is 10.3. The molecule has 0 aromatic heterocycles. The molecule has 1 aliphatic carbocycles. The molecule has 0 aromatic carbocycles. The first-order chi connectivity index (χ1) is 3.30. The Bertz CT molecular complexity index is 90.1. The van der Waals surface area contributed by atoms with Gasteiger partial charge in [0.1, 0.15) is 6.17 Å². The third-order valence-electron chi connectivity index (χ3n) is 1.07. The van der Waals surface area contributed by atoms with Crippen LogP contribution in [-0.2, 0) is 0 Å². The Morgan fingerprint density at radius 3 is 2.57 bits per heavy atom. The van der Waals surface area contributed by atoms with Crippen LogP contribution < -0.4 is 0 Å². The number of alkyl halides is 1. The summed E-state index contributed by atoms with van der Waals surface area (Å²) in [6.07, 6.45) is 1.63. The molecule has 0 saturated carbocycles. The zero-order chi connectivity index (χ0) is 5.28. The third kappa shape index (κ3) is 0.800. The second-order valence-electron chi connectivity index (χ2n) is 1.68. The summed E-state index contributed by atoms with van der Waals surface area (Å²) in [4.78, 5) is 0. The fourth-order valence-corrected chi connectivity index (χ4v) is 0.606. The Morgan fingerprint density at radius 2 is 2.43 bits per heavy atom. The Labute approximate surface area is 41.5 Å². The van der Waals surface area contributed by atoms with Crippen molar-refractivity contribution in [3.63, 3.8) is 0 Å². The van der Waals surface area contributed by atoms with Gasteiger partial charge in [0.25, 0.3) is 0 Å². The summed E-state index contributed by atoms with van der Waals surface area (Å²) in [5.41, 5.74) is 0. The van der Waals surface area contributed by atoms with E-state index in [1.54, 1.807) is 6.08 Å². The van der Waals surface area contributed by atoms with Crippen LogP contribution in [0.3, 0.4) is 0 Å². The molecule has 1 nitrogen and oxygen atoms in total. The Kier molecular flexibility index (Phi) is 1.11. The van der Waals surface area contributed by atoms with E-state index >= 15 is 0 Å². The Hall–Kier alpha value is -0.370. The molecule has 0 saturated heterocycles. The molecule has 0 unspecified atom stereocenters. The Balaban J connectivity index is 2.45. The van der Waals surface area contributed by atoms with Gasteiger partial charge < -0.3 is 5.11 Å². The van der Waals surface area contributed by atoms with Gasteiger partial charge in [-0.05, 0) is 6.42 Å². The topological polar surface area (TPSA) is 20.2 Å². The minimum atomic E-state index is -1.11. The molecule has 1 rings (SSSR count). The number of halogens is 1. The lowest BCUT2D eigenvalue weighted by Gasteiger charge is -2.00. The van der Waals surface area contributed by atoms with E-state index in [0.717, 1.165) is 0 Å². The largest absolute Gasteiger partial charge is 0.389 e. The summed E-state index contributed by atoms with van der Waals surface area (Å²) in [6.45, 7) is 0. The minimum Gasteiger partial charge on any atom is -0.389 e. The van der Waals surface area contributed by atoms with E-state index in [2.05, 4.69) is 0 Å². The molecular weight excluding hydrogens is 95.1 g/mol. The van der Waals surface area contributed by atoms with Crippen LogP contribution in [0.4, 0.5) is 4.39 Å². The minimum absolute atomic E-state index is 0.473. The number of hydrogen-bond acceptors (Lipinski definition) is 1. The van der Waals surface area contributed by atoms with Crippen molar-refractivity contribution >= 4 is 0 Å².